The highest BCUT2D eigenvalue weighted by Gasteiger charge is 2.26. The van der Waals surface area contributed by atoms with Crippen molar-refractivity contribution < 1.29 is 5.11 Å². The second-order valence-electron chi connectivity index (χ2n) is 4.43. The number of aliphatic hydroxyl groups excluding tert-OH is 1. The van der Waals surface area contributed by atoms with Gasteiger partial charge in [-0.2, -0.15) is 0 Å². The molecule has 0 aromatic carbocycles. The number of halogens is 2. The Morgan fingerprint density at radius 1 is 1.26 bits per heavy atom. The van der Waals surface area contributed by atoms with E-state index in [-0.39, 0.29) is 5.92 Å². The van der Waals surface area contributed by atoms with E-state index in [4.69, 9.17) is 0 Å². The molecule has 0 aliphatic heterocycles. The lowest BCUT2D eigenvalue weighted by molar-refractivity contribution is 0.141. The molecular weight excluding hydrogens is 376 g/mol. The van der Waals surface area contributed by atoms with Crippen LogP contribution in [0.4, 0.5) is 0 Å². The molecule has 2 aromatic rings. The molecule has 5 nitrogen and oxygen atoms in total. The maximum Gasteiger partial charge on any atom is 0.178 e. The van der Waals surface area contributed by atoms with Crippen LogP contribution in [0.1, 0.15) is 36.0 Å². The minimum atomic E-state index is -0.713. The van der Waals surface area contributed by atoms with Gasteiger partial charge in [0.25, 0.3) is 0 Å². The van der Waals surface area contributed by atoms with Gasteiger partial charge >= 0.3 is 0 Å². The summed E-state index contributed by atoms with van der Waals surface area (Å²) in [6.45, 7) is 3.80. The maximum atomic E-state index is 10.5. The van der Waals surface area contributed by atoms with E-state index in [9.17, 15) is 5.11 Å². The first-order valence-electron chi connectivity index (χ1n) is 5.76. The summed E-state index contributed by atoms with van der Waals surface area (Å²) in [6, 6.07) is 0. The summed E-state index contributed by atoms with van der Waals surface area (Å²) in [5, 5.41) is 10.5. The molecule has 2 heterocycles. The molecule has 2 aromatic heterocycles. The summed E-state index contributed by atoms with van der Waals surface area (Å²) in [4.78, 5) is 12.7. The van der Waals surface area contributed by atoms with E-state index in [0.717, 1.165) is 11.4 Å². The summed E-state index contributed by atoms with van der Waals surface area (Å²) >= 11 is 6.70. The normalized spacial score (nSPS) is 14.4. The number of aryl methyl sites for hydroxylation is 1. The second kappa shape index (κ2) is 5.68. The minimum Gasteiger partial charge on any atom is -0.386 e. The lowest BCUT2D eigenvalue weighted by atomic mass is 9.99. The van der Waals surface area contributed by atoms with Crippen LogP contribution >= 0.6 is 31.9 Å². The maximum absolute atomic E-state index is 10.5. The molecule has 0 bridgehead atoms. The van der Waals surface area contributed by atoms with Crippen molar-refractivity contribution in [1.82, 2.24) is 19.5 Å². The average molecular weight is 390 g/mol. The zero-order chi connectivity index (χ0) is 14.2. The van der Waals surface area contributed by atoms with Crippen LogP contribution in [0.5, 0.6) is 0 Å². The van der Waals surface area contributed by atoms with Crippen molar-refractivity contribution in [1.29, 1.82) is 0 Å². The Labute approximate surface area is 128 Å². The van der Waals surface area contributed by atoms with Gasteiger partial charge in [-0.25, -0.2) is 4.98 Å². The molecule has 0 radical (unpaired) electrons. The first-order chi connectivity index (χ1) is 8.91. The van der Waals surface area contributed by atoms with Crippen LogP contribution in [-0.4, -0.2) is 24.6 Å². The number of hydrogen-bond donors (Lipinski definition) is 1. The van der Waals surface area contributed by atoms with Gasteiger partial charge in [0.2, 0.25) is 0 Å². The van der Waals surface area contributed by atoms with E-state index >= 15 is 0 Å². The first-order valence-corrected chi connectivity index (χ1v) is 7.34. The molecule has 0 amide bonds. The van der Waals surface area contributed by atoms with Gasteiger partial charge in [0, 0.05) is 25.4 Å². The molecular formula is C12H14Br2N4O. The summed E-state index contributed by atoms with van der Waals surface area (Å²) in [7, 11) is 1.84. The molecule has 0 aliphatic rings. The molecule has 0 fully saturated rings. The predicted octanol–water partition coefficient (Wildman–Crippen LogP) is 2.88. The molecule has 0 spiro atoms. The largest absolute Gasteiger partial charge is 0.386 e. The van der Waals surface area contributed by atoms with Crippen LogP contribution in [0.25, 0.3) is 0 Å². The Bertz CT molecular complexity index is 582. The molecule has 102 valence electrons. The summed E-state index contributed by atoms with van der Waals surface area (Å²) < 4.78 is 3.09. The minimum absolute atomic E-state index is 0.174. The number of aliphatic hydroxyl groups is 1. The van der Waals surface area contributed by atoms with Crippen molar-refractivity contribution in [3.05, 3.63) is 38.8 Å². The molecule has 1 N–H and O–H groups in total. The van der Waals surface area contributed by atoms with Crippen molar-refractivity contribution in [2.45, 2.75) is 25.9 Å². The third-order valence-corrected chi connectivity index (χ3v) is 4.35. The smallest absolute Gasteiger partial charge is 0.178 e. The number of rotatable bonds is 3. The Morgan fingerprint density at radius 2 is 1.95 bits per heavy atom. The van der Waals surface area contributed by atoms with Gasteiger partial charge in [0.1, 0.15) is 10.7 Å². The molecule has 0 unspecified atom stereocenters. The standard InChI is InChI=1S/C12H14Br2N4O/c1-6-4-16-8(5-15-6)7(2)10(19)9-11(13)17-12(14)18(9)3/h4-5,7,10,19H,1-3H3/t7-,10+/m0/s1. The third-order valence-electron chi connectivity index (χ3n) is 3.06. The Hall–Kier alpha value is -0.790. The summed E-state index contributed by atoms with van der Waals surface area (Å²) in [5.74, 6) is -0.174. The third kappa shape index (κ3) is 2.88. The van der Waals surface area contributed by atoms with Gasteiger partial charge in [0.05, 0.1) is 17.1 Å². The Kier molecular flexibility index (Phi) is 4.37. The summed E-state index contributed by atoms with van der Waals surface area (Å²) in [5.41, 5.74) is 2.32. The highest BCUT2D eigenvalue weighted by Crippen LogP contribution is 2.34. The van der Waals surface area contributed by atoms with Gasteiger partial charge < -0.3 is 9.67 Å². The van der Waals surface area contributed by atoms with Gasteiger partial charge in [-0.05, 0) is 38.8 Å². The Balaban J connectivity index is 2.33. The molecule has 0 aliphatic carbocycles. The number of hydrogen-bond acceptors (Lipinski definition) is 4. The Morgan fingerprint density at radius 3 is 2.42 bits per heavy atom. The predicted molar refractivity (Wildman–Crippen MR) is 78.8 cm³/mol. The van der Waals surface area contributed by atoms with Gasteiger partial charge in [-0.1, -0.05) is 6.92 Å². The molecule has 19 heavy (non-hydrogen) atoms. The van der Waals surface area contributed by atoms with Gasteiger partial charge in [-0.3, -0.25) is 9.97 Å². The fourth-order valence-corrected chi connectivity index (χ4v) is 3.08. The average Bonchev–Trinajstić information content (AvgIpc) is 2.62. The van der Waals surface area contributed by atoms with Crippen LogP contribution in [0.3, 0.4) is 0 Å². The zero-order valence-electron chi connectivity index (χ0n) is 10.8. The van der Waals surface area contributed by atoms with E-state index in [1.807, 2.05) is 20.9 Å². The lowest BCUT2D eigenvalue weighted by Gasteiger charge is -2.19. The monoisotopic (exact) mass is 388 g/mol. The van der Waals surface area contributed by atoms with Gasteiger partial charge in [-0.15, -0.1) is 0 Å². The van der Waals surface area contributed by atoms with Crippen LogP contribution in [0, 0.1) is 6.92 Å². The molecule has 2 atom stereocenters. The van der Waals surface area contributed by atoms with Crippen molar-refractivity contribution in [3.63, 3.8) is 0 Å². The zero-order valence-corrected chi connectivity index (χ0v) is 14.0. The topological polar surface area (TPSA) is 63.8 Å². The van der Waals surface area contributed by atoms with Gasteiger partial charge in [0.15, 0.2) is 4.73 Å². The molecule has 0 saturated heterocycles. The van der Waals surface area contributed by atoms with Crippen LogP contribution in [0.2, 0.25) is 0 Å². The quantitative estimate of drug-likeness (QED) is 0.876. The first kappa shape index (κ1) is 14.6. The SMILES string of the molecule is Cc1cnc([C@H](C)[C@@H](O)c2c(Br)nc(Br)n2C)cn1. The van der Waals surface area contributed by atoms with E-state index in [1.165, 1.54) is 0 Å². The van der Waals surface area contributed by atoms with Crippen LogP contribution in [0.15, 0.2) is 21.7 Å². The fourth-order valence-electron chi connectivity index (χ4n) is 1.81. The number of nitrogens with zero attached hydrogens (tertiary/aromatic N) is 4. The second-order valence-corrected chi connectivity index (χ2v) is 5.89. The highest BCUT2D eigenvalue weighted by molar-refractivity contribution is 9.11. The van der Waals surface area contributed by atoms with E-state index in [1.54, 1.807) is 17.0 Å². The number of imidazole rings is 1. The van der Waals surface area contributed by atoms with Crippen molar-refractivity contribution in [2.75, 3.05) is 0 Å². The van der Waals surface area contributed by atoms with Crippen LogP contribution < -0.4 is 0 Å². The number of aromatic nitrogens is 4. The molecule has 0 saturated carbocycles. The van der Waals surface area contributed by atoms with E-state index in [0.29, 0.717) is 15.0 Å². The molecule has 2 rings (SSSR count). The van der Waals surface area contributed by atoms with Crippen molar-refractivity contribution >= 4 is 31.9 Å². The van der Waals surface area contributed by atoms with Crippen molar-refractivity contribution in [2.24, 2.45) is 7.05 Å². The van der Waals surface area contributed by atoms with Crippen molar-refractivity contribution in [3.8, 4) is 0 Å². The van der Waals surface area contributed by atoms with E-state index in [2.05, 4.69) is 46.8 Å². The van der Waals surface area contributed by atoms with Crippen LogP contribution in [-0.2, 0) is 7.05 Å². The lowest BCUT2D eigenvalue weighted by Crippen LogP contribution is -2.13. The highest BCUT2D eigenvalue weighted by atomic mass is 79.9. The fraction of sp³-hybridized carbons (Fsp3) is 0.417. The molecule has 7 heteroatoms. The summed E-state index contributed by atoms with van der Waals surface area (Å²) in [6.07, 6.45) is 2.69. The van der Waals surface area contributed by atoms with E-state index < -0.39 is 6.10 Å².